The van der Waals surface area contributed by atoms with E-state index in [0.717, 1.165) is 5.56 Å². The van der Waals surface area contributed by atoms with Crippen LogP contribution in [0.3, 0.4) is 0 Å². The van der Waals surface area contributed by atoms with E-state index in [2.05, 4.69) is 0 Å². The molecular weight excluding hydrogens is 344 g/mol. The van der Waals surface area contributed by atoms with Crippen LogP contribution in [-0.2, 0) is 6.61 Å². The van der Waals surface area contributed by atoms with Crippen molar-refractivity contribution in [2.45, 2.75) is 6.61 Å². The number of rotatable bonds is 4. The number of aromatic hydroxyl groups is 1. The maximum atomic E-state index is 13.0. The molecule has 0 saturated carbocycles. The molecule has 0 aliphatic heterocycles. The lowest BCUT2D eigenvalue weighted by molar-refractivity contribution is 0.0972. The standard InChI is InChI=1S/C22H16O5/c1-26-17-10-3-2-6-13(17)12-27-18-11-5-8-15-20(18)22(25)19-14(21(15)24)7-4-9-16(19)23/h2-11,23H,12H2,1H3. The summed E-state index contributed by atoms with van der Waals surface area (Å²) in [5.41, 5.74) is 1.48. The van der Waals surface area contributed by atoms with E-state index in [1.54, 1.807) is 37.4 Å². The van der Waals surface area contributed by atoms with Gasteiger partial charge in [0.1, 0.15) is 23.9 Å². The highest BCUT2D eigenvalue weighted by Crippen LogP contribution is 2.37. The number of methoxy groups -OCH3 is 1. The summed E-state index contributed by atoms with van der Waals surface area (Å²) in [6, 6.07) is 16.8. The topological polar surface area (TPSA) is 72.8 Å². The average molecular weight is 360 g/mol. The molecule has 0 unspecified atom stereocenters. The van der Waals surface area contributed by atoms with Gasteiger partial charge < -0.3 is 14.6 Å². The fourth-order valence-electron chi connectivity index (χ4n) is 3.29. The molecule has 1 aliphatic rings. The number of carbonyl (C=O) groups is 2. The van der Waals surface area contributed by atoms with Crippen molar-refractivity contribution in [1.29, 1.82) is 0 Å². The van der Waals surface area contributed by atoms with E-state index in [-0.39, 0.29) is 40.4 Å². The number of carbonyl (C=O) groups excluding carboxylic acids is 2. The maximum absolute atomic E-state index is 13.0. The van der Waals surface area contributed by atoms with E-state index in [0.29, 0.717) is 11.5 Å². The highest BCUT2D eigenvalue weighted by atomic mass is 16.5. The smallest absolute Gasteiger partial charge is 0.201 e. The Kier molecular flexibility index (Phi) is 4.12. The molecule has 0 saturated heterocycles. The second-order valence-corrected chi connectivity index (χ2v) is 6.14. The third-order valence-corrected chi connectivity index (χ3v) is 4.59. The molecule has 134 valence electrons. The summed E-state index contributed by atoms with van der Waals surface area (Å²) in [5.74, 6) is 0.0287. The predicted molar refractivity (Wildman–Crippen MR) is 98.7 cm³/mol. The van der Waals surface area contributed by atoms with Crippen molar-refractivity contribution in [3.05, 3.63) is 88.5 Å². The number of para-hydroxylation sites is 1. The molecule has 0 aromatic heterocycles. The van der Waals surface area contributed by atoms with Gasteiger partial charge in [-0.25, -0.2) is 0 Å². The fourth-order valence-corrected chi connectivity index (χ4v) is 3.29. The first-order chi connectivity index (χ1) is 13.1. The summed E-state index contributed by atoms with van der Waals surface area (Å²) in [5, 5.41) is 10.1. The lowest BCUT2D eigenvalue weighted by Gasteiger charge is -2.21. The Bertz CT molecular complexity index is 1070. The highest BCUT2D eigenvalue weighted by molar-refractivity contribution is 6.30. The Morgan fingerprint density at radius 1 is 0.778 bits per heavy atom. The summed E-state index contributed by atoms with van der Waals surface area (Å²) in [6.45, 7) is 0.176. The zero-order valence-electron chi connectivity index (χ0n) is 14.6. The molecule has 0 atom stereocenters. The van der Waals surface area contributed by atoms with Crippen LogP contribution in [0.4, 0.5) is 0 Å². The van der Waals surface area contributed by atoms with Crippen molar-refractivity contribution in [2.24, 2.45) is 0 Å². The molecule has 3 aromatic carbocycles. The largest absolute Gasteiger partial charge is 0.507 e. The van der Waals surface area contributed by atoms with Crippen LogP contribution < -0.4 is 9.47 Å². The van der Waals surface area contributed by atoms with Crippen LogP contribution in [0.1, 0.15) is 37.4 Å². The van der Waals surface area contributed by atoms with E-state index in [9.17, 15) is 14.7 Å². The van der Waals surface area contributed by atoms with Gasteiger partial charge in [-0.2, -0.15) is 0 Å². The molecule has 1 aliphatic carbocycles. The van der Waals surface area contributed by atoms with E-state index < -0.39 is 5.78 Å². The van der Waals surface area contributed by atoms with Gasteiger partial charge in [-0.15, -0.1) is 0 Å². The third-order valence-electron chi connectivity index (χ3n) is 4.59. The average Bonchev–Trinajstić information content (AvgIpc) is 2.70. The zero-order valence-corrected chi connectivity index (χ0v) is 14.6. The number of fused-ring (bicyclic) bond motifs is 2. The number of hydrogen-bond donors (Lipinski definition) is 1. The van der Waals surface area contributed by atoms with Gasteiger partial charge in [0.2, 0.25) is 5.78 Å². The van der Waals surface area contributed by atoms with Crippen LogP contribution in [0.2, 0.25) is 0 Å². The van der Waals surface area contributed by atoms with Gasteiger partial charge >= 0.3 is 0 Å². The van der Waals surface area contributed by atoms with Crippen molar-refractivity contribution in [2.75, 3.05) is 7.11 Å². The quantitative estimate of drug-likeness (QED) is 0.600. The molecule has 0 fully saturated rings. The predicted octanol–water partition coefficient (Wildman–Crippen LogP) is 3.76. The van der Waals surface area contributed by atoms with Gasteiger partial charge in [-0.3, -0.25) is 9.59 Å². The second-order valence-electron chi connectivity index (χ2n) is 6.14. The monoisotopic (exact) mass is 360 g/mol. The van der Waals surface area contributed by atoms with E-state index in [1.165, 1.54) is 6.07 Å². The number of hydrogen-bond acceptors (Lipinski definition) is 5. The summed E-state index contributed by atoms with van der Waals surface area (Å²) in [6.07, 6.45) is 0. The second kappa shape index (κ2) is 6.61. The summed E-state index contributed by atoms with van der Waals surface area (Å²) in [7, 11) is 1.57. The minimum Gasteiger partial charge on any atom is -0.507 e. The molecule has 0 bridgehead atoms. The maximum Gasteiger partial charge on any atom is 0.201 e. The number of benzene rings is 3. The first kappa shape index (κ1) is 16.8. The zero-order chi connectivity index (χ0) is 19.0. The lowest BCUT2D eigenvalue weighted by atomic mass is 9.83. The molecule has 1 N–H and O–H groups in total. The number of phenols is 1. The molecule has 0 heterocycles. The van der Waals surface area contributed by atoms with Crippen molar-refractivity contribution in [3.8, 4) is 17.2 Å². The van der Waals surface area contributed by atoms with Crippen LogP contribution >= 0.6 is 0 Å². The van der Waals surface area contributed by atoms with E-state index in [4.69, 9.17) is 9.47 Å². The van der Waals surface area contributed by atoms with Gasteiger partial charge in [0.05, 0.1) is 18.2 Å². The lowest BCUT2D eigenvalue weighted by Crippen LogP contribution is -2.22. The van der Waals surface area contributed by atoms with Gasteiger partial charge in [-0.1, -0.05) is 42.5 Å². The van der Waals surface area contributed by atoms with Gasteiger partial charge in [-0.05, 0) is 18.2 Å². The molecule has 0 spiro atoms. The van der Waals surface area contributed by atoms with Gasteiger partial charge in [0.25, 0.3) is 0 Å². The minimum atomic E-state index is -0.423. The highest BCUT2D eigenvalue weighted by Gasteiger charge is 2.34. The van der Waals surface area contributed by atoms with Crippen LogP contribution in [0, 0.1) is 0 Å². The van der Waals surface area contributed by atoms with Crippen LogP contribution in [0.25, 0.3) is 0 Å². The van der Waals surface area contributed by atoms with Gasteiger partial charge in [0, 0.05) is 16.7 Å². The SMILES string of the molecule is COc1ccccc1COc1cccc2c1C(=O)c1c(O)cccc1C2=O. The van der Waals surface area contributed by atoms with Crippen LogP contribution in [0.5, 0.6) is 17.2 Å². The Labute approximate surface area is 155 Å². The minimum absolute atomic E-state index is 0.0170. The fraction of sp³-hybridized carbons (Fsp3) is 0.0909. The molecular formula is C22H16O5. The van der Waals surface area contributed by atoms with Gasteiger partial charge in [0.15, 0.2) is 5.78 Å². The number of phenolic OH excluding ortho intramolecular Hbond substituents is 1. The molecule has 5 heteroatoms. The Morgan fingerprint density at radius 3 is 2.22 bits per heavy atom. The Hall–Kier alpha value is -3.60. The normalized spacial score (nSPS) is 12.3. The molecule has 5 nitrogen and oxygen atoms in total. The van der Waals surface area contributed by atoms with Crippen LogP contribution in [-0.4, -0.2) is 23.8 Å². The number of ether oxygens (including phenoxy) is 2. The molecule has 4 rings (SSSR count). The molecule has 0 amide bonds. The van der Waals surface area contributed by atoms with E-state index in [1.807, 2.05) is 24.3 Å². The Morgan fingerprint density at radius 2 is 1.44 bits per heavy atom. The van der Waals surface area contributed by atoms with Crippen molar-refractivity contribution >= 4 is 11.6 Å². The molecule has 0 radical (unpaired) electrons. The number of ketones is 2. The Balaban J connectivity index is 1.75. The van der Waals surface area contributed by atoms with Crippen molar-refractivity contribution in [3.63, 3.8) is 0 Å². The van der Waals surface area contributed by atoms with Crippen LogP contribution in [0.15, 0.2) is 60.7 Å². The molecule has 3 aromatic rings. The van der Waals surface area contributed by atoms with Crippen molar-refractivity contribution in [1.82, 2.24) is 0 Å². The molecule has 27 heavy (non-hydrogen) atoms. The summed E-state index contributed by atoms with van der Waals surface area (Å²) < 4.78 is 11.2. The first-order valence-electron chi connectivity index (χ1n) is 8.41. The van der Waals surface area contributed by atoms with Crippen molar-refractivity contribution < 1.29 is 24.2 Å². The van der Waals surface area contributed by atoms with E-state index >= 15 is 0 Å². The first-order valence-corrected chi connectivity index (χ1v) is 8.41. The summed E-state index contributed by atoms with van der Waals surface area (Å²) >= 11 is 0. The summed E-state index contributed by atoms with van der Waals surface area (Å²) in [4.78, 5) is 25.8. The third kappa shape index (κ3) is 2.73.